The first-order valence-electron chi connectivity index (χ1n) is 9.12. The number of hydrogen-bond donors (Lipinski definition) is 2. The molecule has 0 aliphatic heterocycles. The van der Waals surface area contributed by atoms with E-state index in [1.54, 1.807) is 0 Å². The van der Waals surface area contributed by atoms with Crippen LogP contribution in [-0.2, 0) is 13.1 Å². The summed E-state index contributed by atoms with van der Waals surface area (Å²) in [6.45, 7) is 5.98. The zero-order chi connectivity index (χ0) is 17.3. The standard InChI is InChI=1S/C22H27N3/c1-18-10-13-25-22(14-18)17-24-12-5-4-11-23-16-19-8-9-20-6-2-3-7-21(20)15-19/h2-3,6-10,13-15,23-24H,4-5,11-12,16-17H2,1H3. The number of pyridine rings is 1. The number of benzene rings is 2. The molecule has 0 saturated heterocycles. The number of aryl methyl sites for hydroxylation is 1. The minimum Gasteiger partial charge on any atom is -0.313 e. The molecule has 0 radical (unpaired) electrons. The predicted molar refractivity (Wildman–Crippen MR) is 106 cm³/mol. The van der Waals surface area contributed by atoms with Crippen molar-refractivity contribution in [3.05, 3.63) is 77.6 Å². The van der Waals surface area contributed by atoms with Gasteiger partial charge in [0.2, 0.25) is 0 Å². The van der Waals surface area contributed by atoms with E-state index in [9.17, 15) is 0 Å². The van der Waals surface area contributed by atoms with Gasteiger partial charge in [0.1, 0.15) is 0 Å². The van der Waals surface area contributed by atoms with Crippen LogP contribution >= 0.6 is 0 Å². The molecule has 3 nitrogen and oxygen atoms in total. The van der Waals surface area contributed by atoms with Crippen molar-refractivity contribution in [1.29, 1.82) is 0 Å². The molecule has 130 valence electrons. The molecule has 0 spiro atoms. The van der Waals surface area contributed by atoms with E-state index in [0.717, 1.165) is 31.9 Å². The van der Waals surface area contributed by atoms with Crippen LogP contribution in [0.1, 0.15) is 29.7 Å². The maximum Gasteiger partial charge on any atom is 0.0544 e. The number of rotatable bonds is 9. The summed E-state index contributed by atoms with van der Waals surface area (Å²) in [6, 6.07) is 19.4. The third kappa shape index (κ3) is 5.66. The van der Waals surface area contributed by atoms with Crippen molar-refractivity contribution >= 4 is 10.8 Å². The first-order valence-corrected chi connectivity index (χ1v) is 9.12. The van der Waals surface area contributed by atoms with Crippen molar-refractivity contribution in [3.63, 3.8) is 0 Å². The first-order chi connectivity index (χ1) is 12.3. The lowest BCUT2D eigenvalue weighted by molar-refractivity contribution is 0.579. The van der Waals surface area contributed by atoms with Crippen LogP contribution in [0.25, 0.3) is 10.8 Å². The highest BCUT2D eigenvalue weighted by molar-refractivity contribution is 5.82. The molecule has 3 rings (SSSR count). The Hall–Kier alpha value is -2.23. The molecule has 3 aromatic rings. The molecular formula is C22H27N3. The first kappa shape index (κ1) is 17.6. The predicted octanol–water partition coefficient (Wildman–Crippen LogP) is 4.20. The summed E-state index contributed by atoms with van der Waals surface area (Å²) in [6.07, 6.45) is 4.24. The summed E-state index contributed by atoms with van der Waals surface area (Å²) < 4.78 is 0. The highest BCUT2D eigenvalue weighted by Crippen LogP contribution is 2.15. The number of aromatic nitrogens is 1. The topological polar surface area (TPSA) is 37.0 Å². The van der Waals surface area contributed by atoms with Gasteiger partial charge in [0, 0.05) is 19.3 Å². The largest absolute Gasteiger partial charge is 0.313 e. The molecule has 0 bridgehead atoms. The van der Waals surface area contributed by atoms with E-state index in [4.69, 9.17) is 0 Å². The van der Waals surface area contributed by atoms with E-state index in [1.807, 2.05) is 12.3 Å². The molecule has 0 aliphatic rings. The zero-order valence-electron chi connectivity index (χ0n) is 15.0. The Labute approximate surface area is 150 Å². The minimum atomic E-state index is 0.853. The normalized spacial score (nSPS) is 11.1. The molecule has 0 saturated carbocycles. The van der Waals surface area contributed by atoms with Gasteiger partial charge in [-0.3, -0.25) is 4.98 Å². The van der Waals surface area contributed by atoms with Crippen molar-refractivity contribution in [2.75, 3.05) is 13.1 Å². The van der Waals surface area contributed by atoms with E-state index in [0.29, 0.717) is 0 Å². The second-order valence-corrected chi connectivity index (χ2v) is 6.57. The second-order valence-electron chi connectivity index (χ2n) is 6.57. The number of hydrogen-bond acceptors (Lipinski definition) is 3. The lowest BCUT2D eigenvalue weighted by Gasteiger charge is -2.07. The molecule has 0 fully saturated rings. The Bertz CT molecular complexity index is 798. The zero-order valence-corrected chi connectivity index (χ0v) is 15.0. The van der Waals surface area contributed by atoms with E-state index in [-0.39, 0.29) is 0 Å². The van der Waals surface area contributed by atoms with Gasteiger partial charge in [0.05, 0.1) is 5.69 Å². The van der Waals surface area contributed by atoms with Crippen LogP contribution in [0, 0.1) is 6.92 Å². The van der Waals surface area contributed by atoms with E-state index in [2.05, 4.69) is 71.1 Å². The summed E-state index contributed by atoms with van der Waals surface area (Å²) in [5, 5.41) is 9.63. The van der Waals surface area contributed by atoms with Gasteiger partial charge in [-0.05, 0) is 73.0 Å². The summed E-state index contributed by atoms with van der Waals surface area (Å²) in [4.78, 5) is 4.37. The molecule has 0 atom stereocenters. The van der Waals surface area contributed by atoms with E-state index in [1.165, 1.54) is 34.7 Å². The molecule has 25 heavy (non-hydrogen) atoms. The summed E-state index contributed by atoms with van der Waals surface area (Å²) >= 11 is 0. The highest BCUT2D eigenvalue weighted by atomic mass is 14.9. The highest BCUT2D eigenvalue weighted by Gasteiger charge is 1.97. The Kier molecular flexibility index (Phi) is 6.55. The maximum atomic E-state index is 4.37. The van der Waals surface area contributed by atoms with Gasteiger partial charge in [-0.25, -0.2) is 0 Å². The Morgan fingerprint density at radius 2 is 1.56 bits per heavy atom. The van der Waals surface area contributed by atoms with Crippen LogP contribution in [0.4, 0.5) is 0 Å². The average Bonchev–Trinajstić information content (AvgIpc) is 2.64. The van der Waals surface area contributed by atoms with Gasteiger partial charge in [0.15, 0.2) is 0 Å². The Morgan fingerprint density at radius 3 is 2.36 bits per heavy atom. The van der Waals surface area contributed by atoms with Gasteiger partial charge >= 0.3 is 0 Å². The molecular weight excluding hydrogens is 306 g/mol. The molecule has 0 aliphatic carbocycles. The number of nitrogens with one attached hydrogen (secondary N) is 2. The van der Waals surface area contributed by atoms with Crippen LogP contribution in [0.5, 0.6) is 0 Å². The molecule has 3 heteroatoms. The van der Waals surface area contributed by atoms with Crippen LogP contribution in [0.15, 0.2) is 60.8 Å². The second kappa shape index (κ2) is 9.30. The fourth-order valence-corrected chi connectivity index (χ4v) is 2.99. The summed E-state index contributed by atoms with van der Waals surface area (Å²) in [5.74, 6) is 0. The minimum absolute atomic E-state index is 0.853. The maximum absolute atomic E-state index is 4.37. The van der Waals surface area contributed by atoms with Crippen molar-refractivity contribution in [3.8, 4) is 0 Å². The number of nitrogens with zero attached hydrogens (tertiary/aromatic N) is 1. The summed E-state index contributed by atoms with van der Waals surface area (Å²) in [7, 11) is 0. The Morgan fingerprint density at radius 1 is 0.800 bits per heavy atom. The van der Waals surface area contributed by atoms with Crippen LogP contribution in [0.3, 0.4) is 0 Å². The van der Waals surface area contributed by atoms with Crippen molar-refractivity contribution in [2.45, 2.75) is 32.9 Å². The molecule has 2 aromatic carbocycles. The van der Waals surface area contributed by atoms with Crippen molar-refractivity contribution in [1.82, 2.24) is 15.6 Å². The molecule has 0 amide bonds. The van der Waals surface area contributed by atoms with Gasteiger partial charge < -0.3 is 10.6 Å². The fourth-order valence-electron chi connectivity index (χ4n) is 2.99. The van der Waals surface area contributed by atoms with Crippen molar-refractivity contribution in [2.24, 2.45) is 0 Å². The smallest absolute Gasteiger partial charge is 0.0544 e. The third-order valence-corrected chi connectivity index (χ3v) is 4.38. The van der Waals surface area contributed by atoms with E-state index < -0.39 is 0 Å². The quantitative estimate of drug-likeness (QED) is 0.576. The summed E-state index contributed by atoms with van der Waals surface area (Å²) in [5.41, 5.74) is 3.74. The Balaban J connectivity index is 1.28. The van der Waals surface area contributed by atoms with Gasteiger partial charge in [0.25, 0.3) is 0 Å². The number of fused-ring (bicyclic) bond motifs is 1. The SMILES string of the molecule is Cc1ccnc(CNCCCCNCc2ccc3ccccc3c2)c1. The molecule has 2 N–H and O–H groups in total. The van der Waals surface area contributed by atoms with Gasteiger partial charge in [-0.1, -0.05) is 36.4 Å². The number of unbranched alkanes of at least 4 members (excludes halogenated alkanes) is 1. The lowest BCUT2D eigenvalue weighted by Crippen LogP contribution is -2.19. The third-order valence-electron chi connectivity index (χ3n) is 4.38. The molecule has 0 unspecified atom stereocenters. The average molecular weight is 333 g/mol. The van der Waals surface area contributed by atoms with Crippen LogP contribution in [-0.4, -0.2) is 18.1 Å². The monoisotopic (exact) mass is 333 g/mol. The van der Waals surface area contributed by atoms with Crippen molar-refractivity contribution < 1.29 is 0 Å². The van der Waals surface area contributed by atoms with Crippen LogP contribution < -0.4 is 10.6 Å². The van der Waals surface area contributed by atoms with Gasteiger partial charge in [-0.2, -0.15) is 0 Å². The molecule has 1 heterocycles. The van der Waals surface area contributed by atoms with E-state index >= 15 is 0 Å². The fraction of sp³-hybridized carbons (Fsp3) is 0.318. The molecule has 1 aromatic heterocycles. The van der Waals surface area contributed by atoms with Crippen LogP contribution in [0.2, 0.25) is 0 Å². The van der Waals surface area contributed by atoms with Gasteiger partial charge in [-0.15, -0.1) is 0 Å². The lowest BCUT2D eigenvalue weighted by atomic mass is 10.1.